The molecule has 0 spiro atoms. The molecule has 0 atom stereocenters. The number of nitro benzene ring substituents is 1. The first-order valence-corrected chi connectivity index (χ1v) is 7.68. The summed E-state index contributed by atoms with van der Waals surface area (Å²) in [5.41, 5.74) is 5.77. The predicted octanol–water partition coefficient (Wildman–Crippen LogP) is 1.42. The van der Waals surface area contributed by atoms with Gasteiger partial charge in [0.2, 0.25) is 5.95 Å². The second-order valence-corrected chi connectivity index (χ2v) is 5.98. The number of nitrogens with two attached hydrogens (primary N) is 1. The molecule has 9 nitrogen and oxygen atoms in total. The molecular weight excluding hydrogens is 324 g/mol. The number of benzene rings is 2. The number of anilines is 1. The molecule has 1 heterocycles. The zero-order valence-electron chi connectivity index (χ0n) is 11.4. The van der Waals surface area contributed by atoms with Crippen molar-refractivity contribution in [2.24, 2.45) is 0 Å². The van der Waals surface area contributed by atoms with E-state index in [1.165, 1.54) is 16.7 Å². The summed E-state index contributed by atoms with van der Waals surface area (Å²) in [6, 6.07) is 10.1. The molecule has 2 aromatic carbocycles. The number of hydrogen-bond donors (Lipinski definition) is 1. The Kier molecular flexibility index (Phi) is 3.27. The van der Waals surface area contributed by atoms with Gasteiger partial charge in [-0.2, -0.15) is 0 Å². The van der Waals surface area contributed by atoms with Crippen molar-refractivity contribution in [3.05, 3.63) is 52.6 Å². The van der Waals surface area contributed by atoms with Crippen LogP contribution >= 0.6 is 0 Å². The molecule has 0 aliphatic heterocycles. The van der Waals surface area contributed by atoms with Crippen LogP contribution in [-0.2, 0) is 10.1 Å². The van der Waals surface area contributed by atoms with Crippen molar-refractivity contribution in [2.45, 2.75) is 4.90 Å². The van der Waals surface area contributed by atoms with Gasteiger partial charge < -0.3 is 10.3 Å². The van der Waals surface area contributed by atoms with E-state index in [0.717, 1.165) is 6.07 Å². The van der Waals surface area contributed by atoms with Crippen molar-refractivity contribution in [1.29, 1.82) is 0 Å². The molecule has 1 aromatic heterocycles. The molecule has 0 unspecified atom stereocenters. The van der Waals surface area contributed by atoms with Crippen LogP contribution in [-0.4, -0.2) is 27.4 Å². The van der Waals surface area contributed by atoms with Gasteiger partial charge in [0.15, 0.2) is 0 Å². The van der Waals surface area contributed by atoms with Crippen molar-refractivity contribution in [2.75, 3.05) is 5.73 Å². The maximum absolute atomic E-state index is 11.4. The maximum atomic E-state index is 11.4. The minimum atomic E-state index is -5.02. The highest BCUT2D eigenvalue weighted by Crippen LogP contribution is 2.34. The number of nitrogens with zero attached hydrogens (tertiary/aromatic N) is 3. The highest BCUT2D eigenvalue weighted by atomic mass is 32.2. The summed E-state index contributed by atoms with van der Waals surface area (Å²) in [7, 11) is -5.02. The molecule has 0 fully saturated rings. The van der Waals surface area contributed by atoms with E-state index in [9.17, 15) is 23.1 Å². The molecule has 0 aliphatic carbocycles. The minimum absolute atomic E-state index is 0.0604. The summed E-state index contributed by atoms with van der Waals surface area (Å²) in [6.07, 6.45) is 0. The van der Waals surface area contributed by atoms with Gasteiger partial charge in [-0.15, -0.1) is 0 Å². The normalized spacial score (nSPS) is 11.7. The summed E-state index contributed by atoms with van der Waals surface area (Å²) in [5.74, 6) is -0.0604. The summed E-state index contributed by atoms with van der Waals surface area (Å²) in [5, 5.41) is 11.4. The van der Waals surface area contributed by atoms with Crippen LogP contribution in [0.2, 0.25) is 0 Å². The summed E-state index contributed by atoms with van der Waals surface area (Å²) >= 11 is 0. The molecule has 0 saturated carbocycles. The van der Waals surface area contributed by atoms with Gasteiger partial charge in [0, 0.05) is 0 Å². The van der Waals surface area contributed by atoms with E-state index in [4.69, 9.17) is 5.73 Å². The highest BCUT2D eigenvalue weighted by molar-refractivity contribution is 7.85. The topological polar surface area (TPSA) is 144 Å². The first-order valence-electron chi connectivity index (χ1n) is 6.27. The molecule has 2 N–H and O–H groups in total. The number of nitro groups is 1. The van der Waals surface area contributed by atoms with E-state index in [1.54, 1.807) is 24.3 Å². The second-order valence-electron chi connectivity index (χ2n) is 4.63. The van der Waals surface area contributed by atoms with Crippen molar-refractivity contribution in [3.63, 3.8) is 0 Å². The Morgan fingerprint density at radius 1 is 1.13 bits per heavy atom. The molecule has 0 saturated heterocycles. The summed E-state index contributed by atoms with van der Waals surface area (Å²) < 4.78 is 35.2. The van der Waals surface area contributed by atoms with Gasteiger partial charge in [-0.25, -0.2) is 13.4 Å². The first-order chi connectivity index (χ1) is 10.8. The van der Waals surface area contributed by atoms with Crippen LogP contribution < -0.4 is 5.73 Å². The average molecular weight is 333 g/mol. The highest BCUT2D eigenvalue weighted by Gasteiger charge is 2.26. The lowest BCUT2D eigenvalue weighted by molar-refractivity contribution is -0.387. The van der Waals surface area contributed by atoms with E-state index >= 15 is 0 Å². The standard InChI is InChI=1S/C13H10N4O5S/c14-13-15-8-4-1-2-5-9(8)16(13)10-6-3-7-11(23(20,21)22)12(10)17(18)19/h1-7H,(H2,14,15)(H,20,21,22)/p-1. The minimum Gasteiger partial charge on any atom is -0.744 e. The second kappa shape index (κ2) is 5.04. The molecule has 3 rings (SSSR count). The molecule has 0 bridgehead atoms. The SMILES string of the molecule is Nc1nc2ccccc2n1-c1cccc(S(=O)(=O)[O-])c1[N+](=O)[O-]. The summed E-state index contributed by atoms with van der Waals surface area (Å²) in [6.45, 7) is 0. The fourth-order valence-electron chi connectivity index (χ4n) is 2.37. The third-order valence-corrected chi connectivity index (χ3v) is 4.13. The quantitative estimate of drug-likeness (QED) is 0.433. The van der Waals surface area contributed by atoms with E-state index in [-0.39, 0.29) is 11.6 Å². The Hall–Kier alpha value is -2.98. The van der Waals surface area contributed by atoms with Crippen molar-refractivity contribution < 1.29 is 17.9 Å². The van der Waals surface area contributed by atoms with Gasteiger partial charge in [0.05, 0.1) is 16.0 Å². The van der Waals surface area contributed by atoms with E-state index in [1.807, 2.05) is 0 Å². The molecule has 23 heavy (non-hydrogen) atoms. The van der Waals surface area contributed by atoms with Crippen LogP contribution in [0.4, 0.5) is 11.6 Å². The maximum Gasteiger partial charge on any atom is 0.310 e. The largest absolute Gasteiger partial charge is 0.744 e. The van der Waals surface area contributed by atoms with Gasteiger partial charge >= 0.3 is 5.69 Å². The number of nitrogen functional groups attached to an aromatic ring is 1. The Morgan fingerprint density at radius 2 is 1.83 bits per heavy atom. The third kappa shape index (κ3) is 2.39. The number of aromatic nitrogens is 2. The molecular formula is C13H9N4O5S-. The van der Waals surface area contributed by atoms with Crippen molar-refractivity contribution in [1.82, 2.24) is 9.55 Å². The number of fused-ring (bicyclic) bond motifs is 1. The van der Waals surface area contributed by atoms with E-state index in [2.05, 4.69) is 4.98 Å². The molecule has 0 radical (unpaired) electrons. The smallest absolute Gasteiger partial charge is 0.310 e. The molecule has 0 amide bonds. The Labute approximate surface area is 129 Å². The monoisotopic (exact) mass is 333 g/mol. The first kappa shape index (κ1) is 14.9. The lowest BCUT2D eigenvalue weighted by Crippen LogP contribution is -2.09. The fourth-order valence-corrected chi connectivity index (χ4v) is 3.04. The molecule has 10 heteroatoms. The van der Waals surface area contributed by atoms with E-state index in [0.29, 0.717) is 11.0 Å². The van der Waals surface area contributed by atoms with E-state index < -0.39 is 25.6 Å². The van der Waals surface area contributed by atoms with Gasteiger partial charge in [0.25, 0.3) is 0 Å². The number of para-hydroxylation sites is 3. The molecule has 118 valence electrons. The third-order valence-electron chi connectivity index (χ3n) is 3.26. The van der Waals surface area contributed by atoms with Gasteiger partial charge in [-0.3, -0.25) is 14.7 Å². The van der Waals surface area contributed by atoms with Crippen molar-refractivity contribution >= 4 is 32.8 Å². The fraction of sp³-hybridized carbons (Fsp3) is 0. The van der Waals surface area contributed by atoms with Crippen LogP contribution in [0.3, 0.4) is 0 Å². The van der Waals surface area contributed by atoms with Crippen LogP contribution in [0.5, 0.6) is 0 Å². The van der Waals surface area contributed by atoms with Crippen LogP contribution in [0.25, 0.3) is 16.7 Å². The number of hydrogen-bond acceptors (Lipinski definition) is 7. The number of rotatable bonds is 3. The Bertz CT molecular complexity index is 1040. The lowest BCUT2D eigenvalue weighted by atomic mass is 10.2. The molecule has 3 aromatic rings. The van der Waals surface area contributed by atoms with Crippen LogP contribution in [0.1, 0.15) is 0 Å². The van der Waals surface area contributed by atoms with Crippen LogP contribution in [0, 0.1) is 10.1 Å². The Balaban J connectivity index is 2.45. The van der Waals surface area contributed by atoms with Crippen molar-refractivity contribution in [3.8, 4) is 5.69 Å². The lowest BCUT2D eigenvalue weighted by Gasteiger charge is -2.12. The van der Waals surface area contributed by atoms with Gasteiger partial charge in [-0.1, -0.05) is 18.2 Å². The Morgan fingerprint density at radius 3 is 2.48 bits per heavy atom. The number of imidazole rings is 1. The van der Waals surface area contributed by atoms with Gasteiger partial charge in [-0.05, 0) is 24.3 Å². The van der Waals surface area contributed by atoms with Crippen LogP contribution in [0.15, 0.2) is 47.4 Å². The molecule has 0 aliphatic rings. The van der Waals surface area contributed by atoms with Gasteiger partial charge in [0.1, 0.15) is 20.7 Å². The zero-order valence-corrected chi connectivity index (χ0v) is 12.2. The zero-order chi connectivity index (χ0) is 16.8. The predicted molar refractivity (Wildman–Crippen MR) is 80.1 cm³/mol. The average Bonchev–Trinajstić information content (AvgIpc) is 2.81. The summed E-state index contributed by atoms with van der Waals surface area (Å²) in [4.78, 5) is 13.6.